The van der Waals surface area contributed by atoms with Crippen molar-refractivity contribution in [2.24, 2.45) is 4.99 Å². The number of fused-ring (bicyclic) bond motifs is 2. The summed E-state index contributed by atoms with van der Waals surface area (Å²) < 4.78 is 70.2. The Morgan fingerprint density at radius 2 is 1.67 bits per heavy atom. The van der Waals surface area contributed by atoms with Gasteiger partial charge in [0.25, 0.3) is 0 Å². The molecule has 0 amide bonds. The Morgan fingerprint density at radius 1 is 0.981 bits per heavy atom. The van der Waals surface area contributed by atoms with Crippen molar-refractivity contribution in [3.63, 3.8) is 0 Å². The number of carboxylic acid groups (broad SMARTS) is 2. The van der Waals surface area contributed by atoms with Crippen molar-refractivity contribution < 1.29 is 69.8 Å². The van der Waals surface area contributed by atoms with Crippen LogP contribution in [-0.2, 0) is 56.4 Å². The molecule has 6 N–H and O–H groups in total. The van der Waals surface area contributed by atoms with Crippen molar-refractivity contribution >= 4 is 91.1 Å². The second-order valence-electron chi connectivity index (χ2n) is 12.1. The van der Waals surface area contributed by atoms with E-state index in [0.29, 0.717) is 25.5 Å². The van der Waals surface area contributed by atoms with Gasteiger partial charge in [-0.15, -0.1) is 0 Å². The second-order valence-corrected chi connectivity index (χ2v) is 17.8. The van der Waals surface area contributed by atoms with Crippen LogP contribution in [0.25, 0.3) is 15.0 Å². The summed E-state index contributed by atoms with van der Waals surface area (Å²) in [6, 6.07) is 10.0. The summed E-state index contributed by atoms with van der Waals surface area (Å²) in [7, 11) is -9.26. The van der Waals surface area contributed by atoms with E-state index in [4.69, 9.17) is 0 Å². The number of nitrogens with one attached hydrogen (secondary N) is 1. The number of aliphatic hydroxyl groups excluding tert-OH is 1. The van der Waals surface area contributed by atoms with Gasteiger partial charge in [-0.2, -0.15) is 8.42 Å². The molecule has 0 atom stereocenters. The van der Waals surface area contributed by atoms with E-state index in [0.717, 1.165) is 6.08 Å². The summed E-state index contributed by atoms with van der Waals surface area (Å²) in [6.45, 7) is -0.310. The topological polar surface area (TPSA) is 286 Å². The molecule has 1 aromatic heterocycles. The Kier molecular flexibility index (Phi) is 11.9. The number of rotatable bonds is 16. The van der Waals surface area contributed by atoms with Crippen LogP contribution in [0.5, 0.6) is 0 Å². The Morgan fingerprint density at radius 3 is 2.30 bits per heavy atom. The van der Waals surface area contributed by atoms with Crippen molar-refractivity contribution in [2.75, 3.05) is 24.5 Å². The molecule has 2 aromatic carbocycles. The number of aliphatic hydroxyl groups is 1. The van der Waals surface area contributed by atoms with Crippen LogP contribution in [-0.4, -0.2) is 111 Å². The summed E-state index contributed by atoms with van der Waals surface area (Å²) in [4.78, 5) is 66.8. The minimum absolute atomic E-state index is 0.151. The van der Waals surface area contributed by atoms with E-state index < -0.39 is 106 Å². The van der Waals surface area contributed by atoms with Crippen molar-refractivity contribution in [3.8, 4) is 0 Å². The number of aromatic nitrogens is 1. The molecule has 54 heavy (non-hydrogen) atoms. The number of isocyanates is 1. The molecule has 0 spiro atoms. The van der Waals surface area contributed by atoms with Crippen molar-refractivity contribution in [3.05, 3.63) is 80.4 Å². The van der Waals surface area contributed by atoms with E-state index in [1.165, 1.54) is 53.5 Å². The normalized spacial score (nSPS) is 17.1. The number of carbonyl (C=O) groups excluding carboxylic acids is 3. The third-order valence-electron chi connectivity index (χ3n) is 8.74. The number of anilines is 1. The van der Waals surface area contributed by atoms with Crippen LogP contribution in [0.3, 0.4) is 0 Å². The van der Waals surface area contributed by atoms with Crippen LogP contribution in [0.15, 0.2) is 81.0 Å². The number of ketones is 2. The number of unbranched alkanes of at least 4 members (excludes halogenated alkanes) is 1. The van der Waals surface area contributed by atoms with Gasteiger partial charge < -0.3 is 0 Å². The maximum absolute atomic E-state index is 13.6. The predicted octanol–water partition coefficient (Wildman–Crippen LogP) is 0.878. The first-order valence-electron chi connectivity index (χ1n) is 15.8. The van der Waals surface area contributed by atoms with Gasteiger partial charge in [-0.25, -0.2) is 0 Å². The molecule has 0 bridgehead atoms. The molecule has 0 unspecified atom stereocenters. The fourth-order valence-corrected chi connectivity index (χ4v) is 11.0. The molecule has 18 nitrogen and oxygen atoms in total. The molecule has 0 saturated carbocycles. The van der Waals surface area contributed by atoms with Gasteiger partial charge in [-0.1, -0.05) is 0 Å². The molecular weight excluding hydrogens is 868 g/mol. The molecule has 2 aliphatic rings. The summed E-state index contributed by atoms with van der Waals surface area (Å²) in [6.07, 6.45) is 3.02. The van der Waals surface area contributed by atoms with Gasteiger partial charge in [-0.3, -0.25) is 4.55 Å². The number of allylic oxidation sites excluding steroid dienone is 4. The first-order chi connectivity index (χ1) is 25.4. The quantitative estimate of drug-likeness (QED) is 0.0170. The summed E-state index contributed by atoms with van der Waals surface area (Å²) in [5, 5.41) is 31.5. The summed E-state index contributed by atoms with van der Waals surface area (Å²) in [5.41, 5.74) is -2.07. The molecule has 21 heteroatoms. The Hall–Kier alpha value is -4.84. The molecule has 0 saturated heterocycles. The number of carboxylic acids is 2. The minimum atomic E-state index is -4.69. The van der Waals surface area contributed by atoms with Crippen LogP contribution in [0.4, 0.5) is 5.69 Å². The van der Waals surface area contributed by atoms with E-state index in [1.807, 2.05) is 4.72 Å². The predicted molar refractivity (Wildman–Crippen MR) is 188 cm³/mol. The van der Waals surface area contributed by atoms with Gasteiger partial charge in [0.05, 0.1) is 0 Å². The molecule has 1 aliphatic heterocycles. The number of nitrogens with zero attached hydrogens (tertiary/aromatic N) is 3. The third-order valence-corrected chi connectivity index (χ3v) is 13.3. The number of hydrogen-bond acceptors (Lipinski definition) is 12. The number of carbonyl (C=O) groups is 4. The Labute approximate surface area is 316 Å². The maximum atomic E-state index is 13.6. The molecule has 2 heterocycles. The van der Waals surface area contributed by atoms with Gasteiger partial charge in [0, 0.05) is 0 Å². The number of aliphatic imine (C=N–C) groups is 1. The van der Waals surface area contributed by atoms with Crippen molar-refractivity contribution in [1.29, 1.82) is 0 Å². The Balaban J connectivity index is 1.70. The SMILES string of the molecule is O=C=NCCCC[n+]1c(C=C2C(=O)C(=O)C(C=C3N(CCNS(=O)(=O)O)c4ccccc4C3(CC(=O)O)CC(=O)O)=C2O)[te]c2cc(S(=O)(=O)O)ccc21. The molecule has 0 fully saturated rings. The first-order valence-corrected chi connectivity index (χ1v) is 21.1. The van der Waals surface area contributed by atoms with Gasteiger partial charge >= 0.3 is 305 Å². The van der Waals surface area contributed by atoms with E-state index in [-0.39, 0.29) is 41.5 Å². The number of hydrogen-bond donors (Lipinski definition) is 6. The van der Waals surface area contributed by atoms with Gasteiger partial charge in [0.1, 0.15) is 0 Å². The van der Waals surface area contributed by atoms with Crippen molar-refractivity contribution in [1.82, 2.24) is 4.72 Å². The van der Waals surface area contributed by atoms with E-state index in [2.05, 4.69) is 4.99 Å². The number of Topliss-reactive ketones (excluding diaryl/α,β-unsaturated/α-hetero) is 2. The average Bonchev–Trinajstić information content (AvgIpc) is 3.61. The van der Waals surface area contributed by atoms with Crippen LogP contribution < -0.4 is 14.2 Å². The van der Waals surface area contributed by atoms with Crippen molar-refractivity contribution in [2.45, 2.75) is 42.5 Å². The van der Waals surface area contributed by atoms with E-state index in [1.54, 1.807) is 10.6 Å². The number of para-hydroxylation sites is 1. The van der Waals surface area contributed by atoms with Gasteiger partial charge in [-0.05, 0) is 0 Å². The molecule has 1 aliphatic carbocycles. The zero-order chi connectivity index (χ0) is 39.6. The zero-order valence-electron chi connectivity index (χ0n) is 27.8. The summed E-state index contributed by atoms with van der Waals surface area (Å²) >= 11 is -1.53. The molecule has 0 radical (unpaired) electrons. The van der Waals surface area contributed by atoms with Crippen LogP contribution in [0.2, 0.25) is 0 Å². The zero-order valence-corrected chi connectivity index (χ0v) is 31.8. The number of aryl methyl sites for hydroxylation is 1. The number of aliphatic carboxylic acids is 2. The average molecular weight is 899 g/mol. The molecular formula is C33H31N4O14S2Te+. The second kappa shape index (κ2) is 15.9. The third kappa shape index (κ3) is 8.43. The van der Waals surface area contributed by atoms with Gasteiger partial charge in [0.2, 0.25) is 0 Å². The van der Waals surface area contributed by atoms with E-state index >= 15 is 0 Å². The summed E-state index contributed by atoms with van der Waals surface area (Å²) in [5.74, 6) is -6.02. The number of benzene rings is 2. The Bertz CT molecular complexity index is 2450. The monoisotopic (exact) mass is 901 g/mol. The fraction of sp³-hybridized carbons (Fsp3) is 0.273. The van der Waals surface area contributed by atoms with Gasteiger partial charge in [0.15, 0.2) is 0 Å². The van der Waals surface area contributed by atoms with Crippen LogP contribution in [0, 0.1) is 0 Å². The fourth-order valence-electron chi connectivity index (χ4n) is 6.56. The molecule has 5 rings (SSSR count). The standard InChI is InChI=1S/C33H30N4O14S2Te/c38-18-34-9-3-4-11-37-24-8-7-19(52(46,47)48)13-25(24)54-27(37)15-21-30(43)20(31(44)32(21)45)14-26-33(16-28(39)40,17-29(41)42)22-5-1-2-6-23(22)36(26)12-10-35-53(49,50)51/h1-2,5-8,13-15,35H,3-4,9-12,16-17H2,(H4-,39,40,41,42,43,44,45,46,47,48,49,50,51)/p+1. The molecule has 3 aromatic rings. The van der Waals surface area contributed by atoms with Crippen LogP contribution in [0.1, 0.15) is 35.0 Å². The first kappa shape index (κ1) is 40.3. The van der Waals surface area contributed by atoms with Crippen LogP contribution >= 0.6 is 0 Å². The van der Waals surface area contributed by atoms with E-state index in [9.17, 15) is 65.2 Å². The molecule has 284 valence electrons.